The van der Waals surface area contributed by atoms with E-state index in [2.05, 4.69) is 4.90 Å². The van der Waals surface area contributed by atoms with E-state index in [9.17, 15) is 14.7 Å². The Kier molecular flexibility index (Phi) is 9.37. The largest absolute Gasteiger partial charge is 0.507 e. The second kappa shape index (κ2) is 13.7. The Bertz CT molecular complexity index is 1560. The van der Waals surface area contributed by atoms with Crippen LogP contribution in [-0.2, 0) is 27.4 Å². The lowest BCUT2D eigenvalue weighted by atomic mass is 9.94. The molecule has 0 unspecified atom stereocenters. The highest BCUT2D eigenvalue weighted by atomic mass is 16.5. The zero-order chi connectivity index (χ0) is 31.3. The average molecular weight is 613 g/mol. The molecule has 0 radical (unpaired) electrons. The molecular formula is C36H40N2O7. The van der Waals surface area contributed by atoms with E-state index >= 15 is 0 Å². The van der Waals surface area contributed by atoms with E-state index in [1.807, 2.05) is 74.5 Å². The highest BCUT2D eigenvalue weighted by molar-refractivity contribution is 6.46. The molecule has 0 aliphatic carbocycles. The van der Waals surface area contributed by atoms with Crippen LogP contribution in [0, 0.1) is 0 Å². The molecule has 3 aromatic carbocycles. The normalized spacial score (nSPS) is 21.1. The molecule has 6 rings (SSSR count). The predicted molar refractivity (Wildman–Crippen MR) is 170 cm³/mol. The number of hydrogen-bond acceptors (Lipinski definition) is 8. The summed E-state index contributed by atoms with van der Waals surface area (Å²) < 4.78 is 23.4. The van der Waals surface area contributed by atoms with E-state index in [0.29, 0.717) is 68.4 Å². The fourth-order valence-electron chi connectivity index (χ4n) is 6.29. The van der Waals surface area contributed by atoms with Crippen LogP contribution >= 0.6 is 0 Å². The van der Waals surface area contributed by atoms with E-state index in [1.165, 1.54) is 0 Å². The first kappa shape index (κ1) is 30.7. The predicted octanol–water partition coefficient (Wildman–Crippen LogP) is 5.13. The van der Waals surface area contributed by atoms with Crippen LogP contribution in [0.4, 0.5) is 0 Å². The van der Waals surface area contributed by atoms with Crippen LogP contribution in [0.25, 0.3) is 5.76 Å². The lowest BCUT2D eigenvalue weighted by Crippen LogP contribution is -2.39. The molecule has 2 atom stereocenters. The Morgan fingerprint density at radius 2 is 1.76 bits per heavy atom. The molecule has 3 aliphatic heterocycles. The van der Waals surface area contributed by atoms with E-state index in [0.717, 1.165) is 36.5 Å². The van der Waals surface area contributed by atoms with Gasteiger partial charge in [-0.05, 0) is 67.3 Å². The van der Waals surface area contributed by atoms with Gasteiger partial charge in [0.2, 0.25) is 0 Å². The van der Waals surface area contributed by atoms with Crippen molar-refractivity contribution in [3.8, 4) is 17.2 Å². The number of carbonyl (C=O) groups is 2. The summed E-state index contributed by atoms with van der Waals surface area (Å²) in [5.74, 6) is 0.320. The Hall–Kier alpha value is -4.34. The number of fused-ring (bicyclic) bond motifs is 1. The van der Waals surface area contributed by atoms with Gasteiger partial charge in [0.15, 0.2) is 11.5 Å². The molecule has 3 aliphatic rings. The molecule has 45 heavy (non-hydrogen) atoms. The van der Waals surface area contributed by atoms with Crippen molar-refractivity contribution in [3.05, 3.63) is 94.6 Å². The number of carbonyl (C=O) groups excluding carboxylic acids is 2. The molecule has 9 nitrogen and oxygen atoms in total. The fourth-order valence-corrected chi connectivity index (χ4v) is 6.29. The Morgan fingerprint density at radius 3 is 2.53 bits per heavy atom. The molecule has 9 heteroatoms. The summed E-state index contributed by atoms with van der Waals surface area (Å²) in [7, 11) is 0. The first-order valence-corrected chi connectivity index (χ1v) is 15.7. The van der Waals surface area contributed by atoms with Crippen LogP contribution in [0.3, 0.4) is 0 Å². The quantitative estimate of drug-likeness (QED) is 0.181. The van der Waals surface area contributed by atoms with E-state index in [4.69, 9.17) is 18.9 Å². The van der Waals surface area contributed by atoms with Gasteiger partial charge in [-0.1, -0.05) is 36.4 Å². The van der Waals surface area contributed by atoms with E-state index < -0.39 is 17.7 Å². The van der Waals surface area contributed by atoms with Gasteiger partial charge in [-0.2, -0.15) is 0 Å². The molecule has 2 saturated heterocycles. The van der Waals surface area contributed by atoms with Crippen LogP contribution in [0.2, 0.25) is 0 Å². The van der Waals surface area contributed by atoms with Crippen LogP contribution in [-0.4, -0.2) is 78.7 Å². The number of rotatable bonds is 11. The number of morpholine rings is 1. The molecule has 1 amide bonds. The first-order valence-electron chi connectivity index (χ1n) is 15.7. The highest BCUT2D eigenvalue weighted by Crippen LogP contribution is 2.43. The summed E-state index contributed by atoms with van der Waals surface area (Å²) in [6.45, 7) is 8.84. The number of ketones is 1. The summed E-state index contributed by atoms with van der Waals surface area (Å²) in [4.78, 5) is 31.2. The van der Waals surface area contributed by atoms with Gasteiger partial charge in [0, 0.05) is 38.2 Å². The zero-order valence-electron chi connectivity index (χ0n) is 25.9. The van der Waals surface area contributed by atoms with Gasteiger partial charge in [0.05, 0.1) is 31.4 Å². The smallest absolute Gasteiger partial charge is 0.295 e. The molecule has 3 aromatic rings. The van der Waals surface area contributed by atoms with Crippen LogP contribution in [0.15, 0.2) is 72.3 Å². The maximum absolute atomic E-state index is 13.7. The van der Waals surface area contributed by atoms with E-state index in [-0.39, 0.29) is 17.4 Å². The molecule has 0 bridgehead atoms. The minimum atomic E-state index is -0.791. The van der Waals surface area contributed by atoms with Crippen molar-refractivity contribution >= 4 is 17.4 Å². The Labute approximate surface area is 263 Å². The Morgan fingerprint density at radius 1 is 0.956 bits per heavy atom. The topological polar surface area (TPSA) is 97.8 Å². The third-order valence-corrected chi connectivity index (χ3v) is 8.51. The van der Waals surface area contributed by atoms with Gasteiger partial charge >= 0.3 is 0 Å². The molecule has 236 valence electrons. The summed E-state index contributed by atoms with van der Waals surface area (Å²) in [5.41, 5.74) is 3.19. The first-order chi connectivity index (χ1) is 21.9. The van der Waals surface area contributed by atoms with Gasteiger partial charge < -0.3 is 29.0 Å². The molecule has 2 fully saturated rings. The molecule has 0 aromatic heterocycles. The standard InChI is InChI=1S/C36H40N2O7/c1-3-43-31-22-26(10-13-30(31)44-23-25-8-5-4-6-9-25)33-32(34(39)27-11-12-29-28(21-27)20-24(2)45-29)35(40)36(41)38(33)15-7-14-37-16-18-42-19-17-37/h4-6,8-13,21-22,24,33,39H,3,7,14-20,23H2,1-2H3/b34-32+/t24-,33-/m1/s1. The van der Waals surface area contributed by atoms with Crippen LogP contribution < -0.4 is 14.2 Å². The monoisotopic (exact) mass is 612 g/mol. The molecule has 0 spiro atoms. The fraction of sp³-hybridized carbons (Fsp3) is 0.389. The molecule has 1 N–H and O–H groups in total. The number of aliphatic hydroxyl groups excluding tert-OH is 1. The van der Waals surface area contributed by atoms with Crippen molar-refractivity contribution in [1.82, 2.24) is 9.80 Å². The maximum Gasteiger partial charge on any atom is 0.295 e. The number of ether oxygens (including phenoxy) is 4. The lowest BCUT2D eigenvalue weighted by molar-refractivity contribution is -0.140. The lowest BCUT2D eigenvalue weighted by Gasteiger charge is -2.29. The zero-order valence-corrected chi connectivity index (χ0v) is 25.9. The number of hydrogen-bond donors (Lipinski definition) is 1. The van der Waals surface area contributed by atoms with Crippen molar-refractivity contribution in [2.24, 2.45) is 0 Å². The SMILES string of the molecule is CCOc1cc([C@@H]2/C(=C(\O)c3ccc4c(c3)C[C@@H](C)O4)C(=O)C(=O)N2CCCN2CCOCC2)ccc1OCc1ccccc1. The number of Topliss-reactive ketones (excluding diaryl/α,β-unsaturated/α-hetero) is 1. The van der Waals surface area contributed by atoms with Crippen molar-refractivity contribution in [2.45, 2.75) is 45.4 Å². The summed E-state index contributed by atoms with van der Waals surface area (Å²) in [6.07, 6.45) is 1.42. The number of aliphatic hydroxyl groups is 1. The molecular weight excluding hydrogens is 572 g/mol. The van der Waals surface area contributed by atoms with Gasteiger partial charge in [-0.15, -0.1) is 0 Å². The van der Waals surface area contributed by atoms with Crippen molar-refractivity contribution in [3.63, 3.8) is 0 Å². The Balaban J connectivity index is 1.35. The number of nitrogens with zero attached hydrogens (tertiary/aromatic N) is 2. The molecule has 0 saturated carbocycles. The van der Waals surface area contributed by atoms with Gasteiger partial charge in [0.25, 0.3) is 11.7 Å². The number of benzene rings is 3. The van der Waals surface area contributed by atoms with Gasteiger partial charge in [-0.25, -0.2) is 0 Å². The number of likely N-dealkylation sites (tertiary alicyclic amines) is 1. The summed E-state index contributed by atoms with van der Waals surface area (Å²) in [5, 5.41) is 11.7. The second-order valence-corrected chi connectivity index (χ2v) is 11.7. The number of amides is 1. The molecule has 3 heterocycles. The van der Waals surface area contributed by atoms with Crippen LogP contribution in [0.5, 0.6) is 17.2 Å². The van der Waals surface area contributed by atoms with E-state index in [1.54, 1.807) is 11.0 Å². The van der Waals surface area contributed by atoms with Gasteiger partial charge in [-0.3, -0.25) is 14.5 Å². The third-order valence-electron chi connectivity index (χ3n) is 8.51. The summed E-state index contributed by atoms with van der Waals surface area (Å²) >= 11 is 0. The van der Waals surface area contributed by atoms with Crippen LogP contribution in [0.1, 0.15) is 48.6 Å². The summed E-state index contributed by atoms with van der Waals surface area (Å²) in [6, 6.07) is 19.9. The average Bonchev–Trinajstić information content (AvgIpc) is 3.56. The second-order valence-electron chi connectivity index (χ2n) is 11.7. The van der Waals surface area contributed by atoms with Crippen molar-refractivity contribution < 1.29 is 33.6 Å². The maximum atomic E-state index is 13.7. The minimum Gasteiger partial charge on any atom is -0.507 e. The van der Waals surface area contributed by atoms with Gasteiger partial charge in [0.1, 0.15) is 24.2 Å². The van der Waals surface area contributed by atoms with Crippen molar-refractivity contribution in [2.75, 3.05) is 46.0 Å². The highest BCUT2D eigenvalue weighted by Gasteiger charge is 2.46. The third kappa shape index (κ3) is 6.70. The minimum absolute atomic E-state index is 0.0362. The van der Waals surface area contributed by atoms with Crippen molar-refractivity contribution in [1.29, 1.82) is 0 Å².